The van der Waals surface area contributed by atoms with Gasteiger partial charge in [0.2, 0.25) is 0 Å². The van der Waals surface area contributed by atoms with Gasteiger partial charge in [0.15, 0.2) is 9.84 Å². The smallest absolute Gasteiger partial charge is 0.187 e. The van der Waals surface area contributed by atoms with E-state index in [1.54, 1.807) is 18.9 Å². The minimum Gasteiger partial charge on any atom is -0.395 e. The van der Waals surface area contributed by atoms with Gasteiger partial charge in [0.05, 0.1) is 17.2 Å². The Balaban J connectivity index is 2.70. The summed E-state index contributed by atoms with van der Waals surface area (Å²) in [5.41, 5.74) is 0.349. The fourth-order valence-corrected chi connectivity index (χ4v) is 4.12. The monoisotopic (exact) mass is 259 g/mol. The zero-order valence-corrected chi connectivity index (χ0v) is 10.4. The molecule has 94 valence electrons. The van der Waals surface area contributed by atoms with E-state index < -0.39 is 27.5 Å². The molecule has 2 rings (SSSR count). The number of rotatable bonds is 1. The molecule has 0 saturated carbocycles. The molecule has 17 heavy (non-hydrogen) atoms. The molecule has 0 spiro atoms. The number of nitrogens with zero attached hydrogens (tertiary/aromatic N) is 1. The van der Waals surface area contributed by atoms with Gasteiger partial charge in [-0.1, -0.05) is 0 Å². The lowest BCUT2D eigenvalue weighted by Gasteiger charge is -2.38. The molecule has 0 bridgehead atoms. The highest BCUT2D eigenvalue weighted by Crippen LogP contribution is 2.36. The first-order chi connectivity index (χ1) is 7.89. The lowest BCUT2D eigenvalue weighted by molar-refractivity contribution is 0.276. The summed E-state index contributed by atoms with van der Waals surface area (Å²) in [5, 5.41) is 8.35. The number of fused-ring (bicyclic) bond motifs is 1. The van der Waals surface area contributed by atoms with Gasteiger partial charge in [0, 0.05) is 13.1 Å². The van der Waals surface area contributed by atoms with Crippen molar-refractivity contribution >= 4 is 15.5 Å². The van der Waals surface area contributed by atoms with E-state index in [2.05, 4.69) is 0 Å². The standard InChI is InChI=1S/C11H14FNO3S/c1-7-11(6-14)17(15,16)10-4-3-8(12)5-9(10)13(7)2/h3-5,7,11,14H,6H2,1-2H3. The van der Waals surface area contributed by atoms with Crippen molar-refractivity contribution in [1.29, 1.82) is 0 Å². The van der Waals surface area contributed by atoms with Crippen molar-refractivity contribution in [1.82, 2.24) is 0 Å². The third-order valence-corrected chi connectivity index (χ3v) is 5.63. The molecule has 4 nitrogen and oxygen atoms in total. The van der Waals surface area contributed by atoms with Crippen LogP contribution < -0.4 is 4.90 Å². The van der Waals surface area contributed by atoms with E-state index in [9.17, 15) is 17.9 Å². The minimum atomic E-state index is -3.59. The van der Waals surface area contributed by atoms with Crippen molar-refractivity contribution in [2.75, 3.05) is 18.6 Å². The Morgan fingerprint density at radius 1 is 1.47 bits per heavy atom. The molecule has 1 aromatic rings. The zero-order chi connectivity index (χ0) is 12.8. The summed E-state index contributed by atoms with van der Waals surface area (Å²) < 4.78 is 37.5. The van der Waals surface area contributed by atoms with E-state index in [0.29, 0.717) is 5.69 Å². The van der Waals surface area contributed by atoms with E-state index in [-0.39, 0.29) is 10.9 Å². The van der Waals surface area contributed by atoms with Crippen molar-refractivity contribution in [2.24, 2.45) is 0 Å². The van der Waals surface area contributed by atoms with Gasteiger partial charge >= 0.3 is 0 Å². The molecule has 2 unspecified atom stereocenters. The van der Waals surface area contributed by atoms with Crippen LogP contribution in [0.25, 0.3) is 0 Å². The Labute approximate surface area is 99.6 Å². The van der Waals surface area contributed by atoms with Gasteiger partial charge in [-0.3, -0.25) is 0 Å². The van der Waals surface area contributed by atoms with Crippen molar-refractivity contribution < 1.29 is 17.9 Å². The molecule has 1 heterocycles. The molecule has 6 heteroatoms. The largest absolute Gasteiger partial charge is 0.395 e. The van der Waals surface area contributed by atoms with Crippen LogP contribution >= 0.6 is 0 Å². The summed E-state index contributed by atoms with van der Waals surface area (Å²) >= 11 is 0. The number of hydrogen-bond donors (Lipinski definition) is 1. The van der Waals surface area contributed by atoms with Gasteiger partial charge in [0.1, 0.15) is 11.1 Å². The highest BCUT2D eigenvalue weighted by Gasteiger charge is 2.41. The molecule has 1 aliphatic heterocycles. The molecule has 0 aromatic heterocycles. The Morgan fingerprint density at radius 2 is 2.12 bits per heavy atom. The Kier molecular flexibility index (Phi) is 2.87. The van der Waals surface area contributed by atoms with Crippen LogP contribution in [0.15, 0.2) is 23.1 Å². The summed E-state index contributed by atoms with van der Waals surface area (Å²) in [6.07, 6.45) is 0. The van der Waals surface area contributed by atoms with Gasteiger partial charge in [0.25, 0.3) is 0 Å². The van der Waals surface area contributed by atoms with Crippen molar-refractivity contribution in [3.8, 4) is 0 Å². The van der Waals surface area contributed by atoms with E-state index in [0.717, 1.165) is 6.07 Å². The first kappa shape index (κ1) is 12.3. The van der Waals surface area contributed by atoms with Crippen LogP contribution in [-0.2, 0) is 9.84 Å². The van der Waals surface area contributed by atoms with Gasteiger partial charge in [-0.15, -0.1) is 0 Å². The molecule has 0 fully saturated rings. The van der Waals surface area contributed by atoms with Crippen molar-refractivity contribution in [3.63, 3.8) is 0 Å². The third kappa shape index (κ3) is 1.71. The SMILES string of the molecule is CC1C(CO)S(=O)(=O)c2ccc(F)cc2N1C. The number of anilines is 1. The van der Waals surface area contributed by atoms with Crippen LogP contribution in [0.4, 0.5) is 10.1 Å². The quantitative estimate of drug-likeness (QED) is 0.758. The summed E-state index contributed by atoms with van der Waals surface area (Å²) in [7, 11) is -1.90. The Hall–Kier alpha value is -1.14. The maximum atomic E-state index is 13.2. The van der Waals surface area contributed by atoms with Crippen LogP contribution in [0.2, 0.25) is 0 Å². The average Bonchev–Trinajstić information content (AvgIpc) is 2.26. The molecular weight excluding hydrogens is 245 g/mol. The number of halogens is 1. The predicted octanol–water partition coefficient (Wildman–Crippen LogP) is 0.799. The summed E-state index contributed by atoms with van der Waals surface area (Å²) in [6.45, 7) is 1.26. The fourth-order valence-electron chi connectivity index (χ4n) is 2.15. The topological polar surface area (TPSA) is 57.6 Å². The normalized spacial score (nSPS) is 26.7. The summed E-state index contributed by atoms with van der Waals surface area (Å²) in [4.78, 5) is 1.76. The molecule has 1 aliphatic rings. The van der Waals surface area contributed by atoms with Gasteiger partial charge in [-0.05, 0) is 25.1 Å². The van der Waals surface area contributed by atoms with Gasteiger partial charge in [-0.2, -0.15) is 0 Å². The molecule has 0 saturated heterocycles. The van der Waals surface area contributed by atoms with Crippen LogP contribution in [-0.4, -0.2) is 38.5 Å². The Morgan fingerprint density at radius 3 is 2.71 bits per heavy atom. The lowest BCUT2D eigenvalue weighted by Crippen LogP contribution is -2.49. The van der Waals surface area contributed by atoms with E-state index in [1.807, 2.05) is 0 Å². The van der Waals surface area contributed by atoms with Crippen molar-refractivity contribution in [3.05, 3.63) is 24.0 Å². The molecule has 1 N–H and O–H groups in total. The number of aliphatic hydroxyl groups is 1. The molecule has 0 amide bonds. The molecular formula is C11H14FNO3S. The van der Waals surface area contributed by atoms with Gasteiger partial charge < -0.3 is 10.0 Å². The molecule has 0 radical (unpaired) electrons. The average molecular weight is 259 g/mol. The third-order valence-electron chi connectivity index (χ3n) is 3.33. The minimum absolute atomic E-state index is 0.0820. The van der Waals surface area contributed by atoms with Crippen LogP contribution in [0, 0.1) is 5.82 Å². The number of hydrogen-bond acceptors (Lipinski definition) is 4. The molecule has 2 atom stereocenters. The van der Waals surface area contributed by atoms with E-state index in [4.69, 9.17) is 0 Å². The predicted molar refractivity (Wildman–Crippen MR) is 62.3 cm³/mol. The summed E-state index contributed by atoms with van der Waals surface area (Å²) in [6, 6.07) is 3.19. The number of sulfone groups is 1. The van der Waals surface area contributed by atoms with Gasteiger partial charge in [-0.25, -0.2) is 12.8 Å². The second-order valence-corrected chi connectivity index (χ2v) is 6.36. The maximum Gasteiger partial charge on any atom is 0.187 e. The fraction of sp³-hybridized carbons (Fsp3) is 0.455. The maximum absolute atomic E-state index is 13.2. The zero-order valence-electron chi connectivity index (χ0n) is 9.59. The van der Waals surface area contributed by atoms with Crippen molar-refractivity contribution in [2.45, 2.75) is 23.1 Å². The lowest BCUT2D eigenvalue weighted by atomic mass is 10.1. The Bertz CT molecular complexity index is 544. The number of aliphatic hydroxyl groups excluding tert-OH is 1. The first-order valence-corrected chi connectivity index (χ1v) is 6.81. The van der Waals surface area contributed by atoms with Crippen LogP contribution in [0.3, 0.4) is 0 Å². The van der Waals surface area contributed by atoms with E-state index in [1.165, 1.54) is 12.1 Å². The molecule has 1 aromatic carbocycles. The second-order valence-electron chi connectivity index (χ2n) is 4.23. The molecule has 0 aliphatic carbocycles. The highest BCUT2D eigenvalue weighted by molar-refractivity contribution is 7.92. The highest BCUT2D eigenvalue weighted by atomic mass is 32.2. The van der Waals surface area contributed by atoms with Crippen LogP contribution in [0.1, 0.15) is 6.92 Å². The van der Waals surface area contributed by atoms with E-state index >= 15 is 0 Å². The summed E-state index contributed by atoms with van der Waals surface area (Å²) in [5.74, 6) is -0.472. The van der Waals surface area contributed by atoms with Crippen LogP contribution in [0.5, 0.6) is 0 Å². The number of benzene rings is 1. The first-order valence-electron chi connectivity index (χ1n) is 5.26. The second kappa shape index (κ2) is 3.96.